The molecule has 0 bridgehead atoms. The van der Waals surface area contributed by atoms with E-state index in [1.807, 2.05) is 30.3 Å². The third-order valence-corrected chi connectivity index (χ3v) is 3.43. The molecule has 0 amide bonds. The van der Waals surface area contributed by atoms with Crippen molar-refractivity contribution in [1.82, 2.24) is 0 Å². The van der Waals surface area contributed by atoms with Crippen LogP contribution < -0.4 is 10.5 Å². The van der Waals surface area contributed by atoms with Crippen LogP contribution in [-0.2, 0) is 0 Å². The molecule has 1 aromatic rings. The zero-order valence-corrected chi connectivity index (χ0v) is 11.9. The molecular formula is C15H25NOS. The van der Waals surface area contributed by atoms with Crippen LogP contribution in [0.3, 0.4) is 0 Å². The predicted octanol–water partition coefficient (Wildman–Crippen LogP) is 3.66. The lowest BCUT2D eigenvalue weighted by atomic mass is 10.1. The molecule has 1 atom stereocenters. The van der Waals surface area contributed by atoms with Gasteiger partial charge in [0, 0.05) is 11.8 Å². The third-order valence-electron chi connectivity index (χ3n) is 2.97. The van der Waals surface area contributed by atoms with Crippen LogP contribution in [0.1, 0.15) is 38.5 Å². The average Bonchev–Trinajstić information content (AvgIpc) is 2.42. The van der Waals surface area contributed by atoms with Gasteiger partial charge in [-0.1, -0.05) is 43.9 Å². The second kappa shape index (κ2) is 10.3. The Hall–Kier alpha value is -0.670. The Labute approximate surface area is 116 Å². The van der Waals surface area contributed by atoms with E-state index < -0.39 is 0 Å². The van der Waals surface area contributed by atoms with Crippen LogP contribution in [0.15, 0.2) is 30.3 Å². The molecule has 3 heteroatoms. The number of thiol groups is 1. The molecule has 0 spiro atoms. The fraction of sp³-hybridized carbons (Fsp3) is 0.600. The molecule has 1 aromatic carbocycles. The van der Waals surface area contributed by atoms with Crippen LogP contribution >= 0.6 is 12.6 Å². The number of benzene rings is 1. The predicted molar refractivity (Wildman–Crippen MR) is 81.5 cm³/mol. The van der Waals surface area contributed by atoms with Gasteiger partial charge in [-0.15, -0.1) is 0 Å². The Bertz CT molecular complexity index is 292. The first-order chi connectivity index (χ1) is 8.83. The number of ether oxygens (including phenoxy) is 1. The maximum absolute atomic E-state index is 5.80. The van der Waals surface area contributed by atoms with Crippen LogP contribution in [0.2, 0.25) is 0 Å². The summed E-state index contributed by atoms with van der Waals surface area (Å²) in [6, 6.07) is 10.3. The molecular weight excluding hydrogens is 242 g/mol. The van der Waals surface area contributed by atoms with Crippen molar-refractivity contribution in [3.8, 4) is 5.75 Å². The zero-order valence-electron chi connectivity index (χ0n) is 11.1. The first-order valence-electron chi connectivity index (χ1n) is 6.87. The minimum atomic E-state index is 0.273. The Morgan fingerprint density at radius 1 is 1.00 bits per heavy atom. The van der Waals surface area contributed by atoms with Crippen molar-refractivity contribution in [2.75, 3.05) is 12.4 Å². The van der Waals surface area contributed by atoms with Crippen LogP contribution in [0.5, 0.6) is 5.75 Å². The van der Waals surface area contributed by atoms with Gasteiger partial charge in [0.25, 0.3) is 0 Å². The van der Waals surface area contributed by atoms with Gasteiger partial charge in [0.15, 0.2) is 0 Å². The van der Waals surface area contributed by atoms with Gasteiger partial charge in [0.05, 0.1) is 6.61 Å². The molecule has 1 rings (SSSR count). The minimum Gasteiger partial charge on any atom is -0.494 e. The van der Waals surface area contributed by atoms with E-state index in [0.29, 0.717) is 0 Å². The van der Waals surface area contributed by atoms with Crippen molar-refractivity contribution in [2.45, 2.75) is 44.6 Å². The van der Waals surface area contributed by atoms with Crippen molar-refractivity contribution < 1.29 is 4.74 Å². The molecule has 18 heavy (non-hydrogen) atoms. The van der Waals surface area contributed by atoms with Crippen LogP contribution in [-0.4, -0.2) is 18.4 Å². The fourth-order valence-electron chi connectivity index (χ4n) is 1.84. The number of nitrogens with two attached hydrogens (primary N) is 1. The monoisotopic (exact) mass is 267 g/mol. The normalized spacial score (nSPS) is 12.3. The summed E-state index contributed by atoms with van der Waals surface area (Å²) in [5.74, 6) is 1.77. The van der Waals surface area contributed by atoms with Gasteiger partial charge in [-0.2, -0.15) is 12.6 Å². The zero-order chi connectivity index (χ0) is 13.1. The van der Waals surface area contributed by atoms with Gasteiger partial charge >= 0.3 is 0 Å². The summed E-state index contributed by atoms with van der Waals surface area (Å²) >= 11 is 4.18. The Morgan fingerprint density at radius 2 is 1.67 bits per heavy atom. The van der Waals surface area contributed by atoms with Gasteiger partial charge < -0.3 is 10.5 Å². The molecule has 102 valence electrons. The highest BCUT2D eigenvalue weighted by Crippen LogP contribution is 2.11. The van der Waals surface area contributed by atoms with Gasteiger partial charge in [0.2, 0.25) is 0 Å². The van der Waals surface area contributed by atoms with E-state index in [9.17, 15) is 0 Å². The Kier molecular flexibility index (Phi) is 8.78. The molecule has 0 saturated heterocycles. The van der Waals surface area contributed by atoms with Crippen molar-refractivity contribution >= 4 is 12.6 Å². The highest BCUT2D eigenvalue weighted by atomic mass is 32.1. The molecule has 0 aromatic heterocycles. The topological polar surface area (TPSA) is 35.2 Å². The molecule has 2 nitrogen and oxygen atoms in total. The van der Waals surface area contributed by atoms with E-state index in [1.165, 1.54) is 25.7 Å². The molecule has 0 aliphatic carbocycles. The fourth-order valence-corrected chi connectivity index (χ4v) is 2.02. The van der Waals surface area contributed by atoms with Gasteiger partial charge in [-0.05, 0) is 25.0 Å². The van der Waals surface area contributed by atoms with E-state index in [2.05, 4.69) is 12.6 Å². The van der Waals surface area contributed by atoms with Crippen LogP contribution in [0, 0.1) is 0 Å². The number of hydrogen-bond acceptors (Lipinski definition) is 3. The van der Waals surface area contributed by atoms with Crippen LogP contribution in [0.25, 0.3) is 0 Å². The summed E-state index contributed by atoms with van der Waals surface area (Å²) in [5.41, 5.74) is 5.80. The molecule has 2 N–H and O–H groups in total. The maximum Gasteiger partial charge on any atom is 0.119 e. The number of hydrogen-bond donors (Lipinski definition) is 2. The summed E-state index contributed by atoms with van der Waals surface area (Å²) in [7, 11) is 0. The summed E-state index contributed by atoms with van der Waals surface area (Å²) in [6.07, 6.45) is 7.24. The quantitative estimate of drug-likeness (QED) is 0.501. The van der Waals surface area contributed by atoms with Crippen LogP contribution in [0.4, 0.5) is 0 Å². The van der Waals surface area contributed by atoms with Gasteiger partial charge in [-0.25, -0.2) is 0 Å². The minimum absolute atomic E-state index is 0.273. The Balaban J connectivity index is 1.87. The largest absolute Gasteiger partial charge is 0.494 e. The molecule has 0 radical (unpaired) electrons. The smallest absolute Gasteiger partial charge is 0.119 e. The molecule has 0 saturated carbocycles. The van der Waals surface area contributed by atoms with E-state index >= 15 is 0 Å². The number of unbranched alkanes of at least 4 members (excludes halogenated alkanes) is 4. The lowest BCUT2D eigenvalue weighted by Gasteiger charge is -2.08. The van der Waals surface area contributed by atoms with Crippen molar-refractivity contribution in [2.24, 2.45) is 5.73 Å². The van der Waals surface area contributed by atoms with Crippen molar-refractivity contribution in [3.05, 3.63) is 30.3 Å². The lowest BCUT2D eigenvalue weighted by Crippen LogP contribution is -2.21. The molecule has 0 aliphatic rings. The molecule has 0 aliphatic heterocycles. The van der Waals surface area contributed by atoms with Gasteiger partial charge in [-0.3, -0.25) is 0 Å². The summed E-state index contributed by atoms with van der Waals surface area (Å²) in [6.45, 7) is 0.820. The highest BCUT2D eigenvalue weighted by Gasteiger charge is 1.98. The second-order valence-corrected chi connectivity index (χ2v) is 5.03. The second-order valence-electron chi connectivity index (χ2n) is 4.66. The van der Waals surface area contributed by atoms with E-state index in [-0.39, 0.29) is 6.04 Å². The SMILES string of the molecule is NC(CS)CCCCCCCOc1ccccc1. The van der Waals surface area contributed by atoms with Crippen molar-refractivity contribution in [1.29, 1.82) is 0 Å². The number of para-hydroxylation sites is 1. The molecule has 1 unspecified atom stereocenters. The summed E-state index contributed by atoms with van der Waals surface area (Å²) in [5, 5.41) is 0. The number of rotatable bonds is 10. The highest BCUT2D eigenvalue weighted by molar-refractivity contribution is 7.80. The molecule has 0 fully saturated rings. The first-order valence-corrected chi connectivity index (χ1v) is 7.50. The summed E-state index contributed by atoms with van der Waals surface area (Å²) in [4.78, 5) is 0. The van der Waals surface area contributed by atoms with E-state index in [1.54, 1.807) is 0 Å². The third kappa shape index (κ3) is 7.62. The van der Waals surface area contributed by atoms with E-state index in [4.69, 9.17) is 10.5 Å². The van der Waals surface area contributed by atoms with Crippen molar-refractivity contribution in [3.63, 3.8) is 0 Å². The molecule has 0 heterocycles. The van der Waals surface area contributed by atoms with E-state index in [0.717, 1.165) is 31.0 Å². The first kappa shape index (κ1) is 15.4. The average molecular weight is 267 g/mol. The Morgan fingerprint density at radius 3 is 2.39 bits per heavy atom. The summed E-state index contributed by atoms with van der Waals surface area (Å²) < 4.78 is 5.64. The lowest BCUT2D eigenvalue weighted by molar-refractivity contribution is 0.304. The maximum atomic E-state index is 5.80. The standard InChI is InChI=1S/C15H25NOS/c16-14(13-18)9-5-2-1-3-8-12-17-15-10-6-4-7-11-15/h4,6-7,10-11,14,18H,1-3,5,8-9,12-13,16H2. The van der Waals surface area contributed by atoms with Gasteiger partial charge in [0.1, 0.15) is 5.75 Å².